The molecule has 2 aliphatic heterocycles. The molecule has 0 aliphatic carbocycles. The Bertz CT molecular complexity index is 1070. The number of carbonyl (C=O) groups excluding carboxylic acids is 1. The lowest BCUT2D eigenvalue weighted by Crippen LogP contribution is -2.40. The third-order valence-corrected chi connectivity index (χ3v) is 9.17. The van der Waals surface area contributed by atoms with Gasteiger partial charge in [-0.25, -0.2) is 8.42 Å². The second-order valence-electron chi connectivity index (χ2n) is 9.92. The minimum absolute atomic E-state index is 0.0841. The van der Waals surface area contributed by atoms with Gasteiger partial charge in [0, 0.05) is 31.2 Å². The van der Waals surface area contributed by atoms with Crippen molar-refractivity contribution in [2.45, 2.75) is 62.8 Å². The second kappa shape index (κ2) is 12.3. The van der Waals surface area contributed by atoms with Crippen LogP contribution in [0.15, 0.2) is 53.4 Å². The number of likely N-dealkylation sites (tertiary alicyclic amines) is 1. The highest BCUT2D eigenvalue weighted by molar-refractivity contribution is 7.89. The highest BCUT2D eigenvalue weighted by Crippen LogP contribution is 2.25. The van der Waals surface area contributed by atoms with Gasteiger partial charge in [0.1, 0.15) is 0 Å². The van der Waals surface area contributed by atoms with Gasteiger partial charge in [0.2, 0.25) is 10.0 Å². The van der Waals surface area contributed by atoms with Gasteiger partial charge in [-0.3, -0.25) is 9.69 Å². The molecule has 1 unspecified atom stereocenters. The molecule has 2 heterocycles. The molecule has 4 rings (SSSR count). The highest BCUT2D eigenvalue weighted by atomic mass is 32.2. The van der Waals surface area contributed by atoms with Gasteiger partial charge in [-0.2, -0.15) is 4.31 Å². The van der Waals surface area contributed by atoms with E-state index >= 15 is 0 Å². The molecule has 2 aromatic carbocycles. The summed E-state index contributed by atoms with van der Waals surface area (Å²) in [4.78, 5) is 15.7. The first-order chi connectivity index (χ1) is 16.9. The van der Waals surface area contributed by atoms with Crippen LogP contribution in [0.2, 0.25) is 0 Å². The van der Waals surface area contributed by atoms with Gasteiger partial charge in [-0.05, 0) is 63.4 Å². The molecule has 2 saturated heterocycles. The van der Waals surface area contributed by atoms with Crippen molar-refractivity contribution in [3.8, 4) is 0 Å². The average molecular weight is 498 g/mol. The Kier molecular flexibility index (Phi) is 9.11. The van der Waals surface area contributed by atoms with E-state index in [0.29, 0.717) is 25.2 Å². The van der Waals surface area contributed by atoms with Crippen LogP contribution >= 0.6 is 0 Å². The number of Topliss-reactive ketones (excluding diaryl/α,β-unsaturated/α-hetero) is 1. The van der Waals surface area contributed by atoms with E-state index in [9.17, 15) is 13.2 Å². The van der Waals surface area contributed by atoms with Crippen LogP contribution in [0.25, 0.3) is 0 Å². The first-order valence-corrected chi connectivity index (χ1v) is 14.5. The molecule has 2 aliphatic rings. The van der Waals surface area contributed by atoms with Gasteiger partial charge >= 0.3 is 0 Å². The first-order valence-electron chi connectivity index (χ1n) is 13.1. The summed E-state index contributed by atoms with van der Waals surface area (Å²) in [6.45, 7) is 6.22. The molecule has 6 nitrogen and oxygen atoms in total. The number of nitrogens with one attached hydrogen (secondary N) is 1. The van der Waals surface area contributed by atoms with E-state index in [0.717, 1.165) is 38.8 Å². The molecule has 0 radical (unpaired) electrons. The zero-order valence-electron chi connectivity index (χ0n) is 20.9. The lowest BCUT2D eigenvalue weighted by Gasteiger charge is -2.35. The molecular formula is C28H39N3O3S. The van der Waals surface area contributed by atoms with Crippen molar-refractivity contribution in [2.24, 2.45) is 0 Å². The van der Waals surface area contributed by atoms with E-state index in [2.05, 4.69) is 41.4 Å². The molecule has 190 valence electrons. The molecule has 35 heavy (non-hydrogen) atoms. The Labute approximate surface area is 210 Å². The molecule has 0 saturated carbocycles. The van der Waals surface area contributed by atoms with Crippen LogP contribution in [0.5, 0.6) is 0 Å². The summed E-state index contributed by atoms with van der Waals surface area (Å²) in [5.74, 6) is -0.0841. The standard InChI is InChI=1S/C28H39N3O3S/c1-23-12-14-24(15-13-23)27(30-16-5-4-6-17-30)21-29-22-28(32)25-10-9-11-26(20-25)35(33,34)31-18-7-2-3-8-19-31/h9-15,20,27,29H,2-8,16-19,21-22H2,1H3. The molecule has 1 atom stereocenters. The summed E-state index contributed by atoms with van der Waals surface area (Å²) >= 11 is 0. The molecule has 7 heteroatoms. The molecule has 2 fully saturated rings. The molecule has 0 amide bonds. The van der Waals surface area contributed by atoms with Crippen molar-refractivity contribution in [1.82, 2.24) is 14.5 Å². The van der Waals surface area contributed by atoms with Crippen LogP contribution in [0.3, 0.4) is 0 Å². The van der Waals surface area contributed by atoms with E-state index in [1.807, 2.05) is 0 Å². The van der Waals surface area contributed by atoms with Crippen LogP contribution in [0.1, 0.15) is 72.5 Å². The minimum Gasteiger partial charge on any atom is -0.308 e. The molecular weight excluding hydrogens is 458 g/mol. The number of aryl methyl sites for hydroxylation is 1. The number of hydrogen-bond acceptors (Lipinski definition) is 5. The summed E-state index contributed by atoms with van der Waals surface area (Å²) in [5.41, 5.74) is 2.95. The summed E-state index contributed by atoms with van der Waals surface area (Å²) in [6.07, 6.45) is 7.61. The van der Waals surface area contributed by atoms with Crippen molar-refractivity contribution in [3.63, 3.8) is 0 Å². The van der Waals surface area contributed by atoms with E-state index in [-0.39, 0.29) is 23.3 Å². The van der Waals surface area contributed by atoms with Gasteiger partial charge in [-0.15, -0.1) is 0 Å². The van der Waals surface area contributed by atoms with E-state index in [4.69, 9.17) is 0 Å². The lowest BCUT2D eigenvalue weighted by molar-refractivity contribution is 0.0983. The summed E-state index contributed by atoms with van der Waals surface area (Å²) in [6, 6.07) is 15.4. The third-order valence-electron chi connectivity index (χ3n) is 7.28. The van der Waals surface area contributed by atoms with Crippen LogP contribution < -0.4 is 5.32 Å². The fourth-order valence-corrected chi connectivity index (χ4v) is 6.73. The number of ketones is 1. The van der Waals surface area contributed by atoms with Gasteiger partial charge in [-0.1, -0.05) is 61.2 Å². The summed E-state index contributed by atoms with van der Waals surface area (Å²) in [7, 11) is -3.58. The number of sulfonamides is 1. The Morgan fingerprint density at radius 1 is 0.886 bits per heavy atom. The van der Waals surface area contributed by atoms with E-state index < -0.39 is 10.0 Å². The van der Waals surface area contributed by atoms with Gasteiger partial charge in [0.25, 0.3) is 0 Å². The Morgan fingerprint density at radius 3 is 2.20 bits per heavy atom. The van der Waals surface area contributed by atoms with Gasteiger partial charge in [0.15, 0.2) is 5.78 Å². The van der Waals surface area contributed by atoms with Crippen molar-refractivity contribution in [3.05, 3.63) is 65.2 Å². The normalized spacial score (nSPS) is 19.2. The van der Waals surface area contributed by atoms with E-state index in [1.165, 1.54) is 30.4 Å². The van der Waals surface area contributed by atoms with Gasteiger partial charge < -0.3 is 5.32 Å². The molecule has 0 aromatic heterocycles. The predicted molar refractivity (Wildman–Crippen MR) is 140 cm³/mol. The number of rotatable bonds is 9. The van der Waals surface area contributed by atoms with Crippen LogP contribution in [0.4, 0.5) is 0 Å². The number of carbonyl (C=O) groups is 1. The summed E-state index contributed by atoms with van der Waals surface area (Å²) in [5, 5.41) is 3.37. The van der Waals surface area contributed by atoms with Crippen LogP contribution in [-0.4, -0.2) is 62.7 Å². The Hall–Kier alpha value is -2.06. The van der Waals surface area contributed by atoms with Crippen molar-refractivity contribution in [1.29, 1.82) is 0 Å². The van der Waals surface area contributed by atoms with Crippen molar-refractivity contribution >= 4 is 15.8 Å². The molecule has 0 spiro atoms. The quantitative estimate of drug-likeness (QED) is 0.515. The Balaban J connectivity index is 1.41. The maximum atomic E-state index is 13.2. The maximum Gasteiger partial charge on any atom is 0.243 e. The zero-order chi connectivity index (χ0) is 24.7. The smallest absolute Gasteiger partial charge is 0.243 e. The number of hydrogen-bond donors (Lipinski definition) is 1. The van der Waals surface area contributed by atoms with E-state index in [1.54, 1.807) is 28.6 Å². The SMILES string of the molecule is Cc1ccc(C(CNCC(=O)c2cccc(S(=O)(=O)N3CCCCCC3)c2)N2CCCCC2)cc1. The highest BCUT2D eigenvalue weighted by Gasteiger charge is 2.26. The monoisotopic (exact) mass is 497 g/mol. The fraction of sp³-hybridized carbons (Fsp3) is 0.536. The fourth-order valence-electron chi connectivity index (χ4n) is 5.16. The van der Waals surface area contributed by atoms with Crippen LogP contribution in [-0.2, 0) is 10.0 Å². The lowest BCUT2D eigenvalue weighted by atomic mass is 10.0. The molecule has 1 N–H and O–H groups in total. The largest absolute Gasteiger partial charge is 0.308 e. The molecule has 2 aromatic rings. The predicted octanol–water partition coefficient (Wildman–Crippen LogP) is 4.56. The topological polar surface area (TPSA) is 69.7 Å². The number of piperidine rings is 1. The maximum absolute atomic E-state index is 13.2. The zero-order valence-corrected chi connectivity index (χ0v) is 21.7. The minimum atomic E-state index is -3.58. The number of nitrogens with zero attached hydrogens (tertiary/aromatic N) is 2. The summed E-state index contributed by atoms with van der Waals surface area (Å²) < 4.78 is 27.9. The third kappa shape index (κ3) is 6.79. The first kappa shape index (κ1) is 26.0. The van der Waals surface area contributed by atoms with Gasteiger partial charge in [0.05, 0.1) is 11.4 Å². The second-order valence-corrected chi connectivity index (χ2v) is 11.9. The Morgan fingerprint density at radius 2 is 1.51 bits per heavy atom. The average Bonchev–Trinajstić information content (AvgIpc) is 3.18. The molecule has 0 bridgehead atoms. The number of benzene rings is 2. The van der Waals surface area contributed by atoms with Crippen molar-refractivity contribution in [2.75, 3.05) is 39.3 Å². The van der Waals surface area contributed by atoms with Crippen LogP contribution in [0, 0.1) is 6.92 Å². The van der Waals surface area contributed by atoms with Crippen molar-refractivity contribution < 1.29 is 13.2 Å².